The Morgan fingerprint density at radius 1 is 0.442 bits per heavy atom. The zero-order valence-corrected chi connectivity index (χ0v) is 31.2. The van der Waals surface area contributed by atoms with Gasteiger partial charge in [0.1, 0.15) is 0 Å². The van der Waals surface area contributed by atoms with Crippen molar-refractivity contribution >= 4 is 31.5 Å². The number of nitrogens with zero attached hydrogens (tertiary/aromatic N) is 3. The Morgan fingerprint density at radius 2 is 0.923 bits per heavy atom. The summed E-state index contributed by atoms with van der Waals surface area (Å²) in [4.78, 5) is 15.3. The fraction of sp³-hybridized carbons (Fsp3) is 0.188. The van der Waals surface area contributed by atoms with Crippen LogP contribution in [0.3, 0.4) is 0 Å². The quantitative estimate of drug-likeness (QED) is 0.180. The summed E-state index contributed by atoms with van der Waals surface area (Å²) < 4.78 is 2.54. The molecule has 0 bridgehead atoms. The number of aromatic nitrogens is 3. The van der Waals surface area contributed by atoms with Crippen molar-refractivity contribution in [3.63, 3.8) is 0 Å². The van der Waals surface area contributed by atoms with Crippen LogP contribution in [0.1, 0.15) is 57.2 Å². The second-order valence-electron chi connectivity index (χ2n) is 15.6. The normalized spacial score (nSPS) is 14.8. The number of benzene rings is 6. The lowest BCUT2D eigenvalue weighted by molar-refractivity contribution is 0.332. The topological polar surface area (TPSA) is 38.7 Å². The van der Waals surface area contributed by atoms with Crippen LogP contribution in [0, 0.1) is 6.92 Å². The zero-order chi connectivity index (χ0) is 35.6. The molecule has 0 radical (unpaired) electrons. The molecule has 1 aliphatic carbocycles. The van der Waals surface area contributed by atoms with Gasteiger partial charge in [-0.2, -0.15) is 0 Å². The minimum Gasteiger partial charge on any atom is -0.208 e. The number of rotatable bonds is 5. The minimum atomic E-state index is 0.155. The summed E-state index contributed by atoms with van der Waals surface area (Å²) in [6, 6.07) is 47.9. The first kappa shape index (κ1) is 32.5. The molecule has 0 amide bonds. The highest BCUT2D eigenvalue weighted by atomic mass is 32.1. The highest BCUT2D eigenvalue weighted by Gasteiger charge is 2.37. The lowest BCUT2D eigenvalue weighted by Gasteiger charge is -2.42. The standard InChI is InChI=1S/C48H41N3S/c1-30-27-40-41(48(4,5)26-25-47(40,2)3)29-38(30)33-17-21-35(22-18-33)45-49-44(34-19-15-32(16-20-34)31-11-7-6-8-12-31)50-46(51-45)36-23-24-43-39(28-36)37-13-9-10-14-42(37)52-43/h6-24,27-29H,25-26H2,1-5H3. The third-order valence-corrected chi connectivity index (χ3v) is 12.3. The largest absolute Gasteiger partial charge is 0.208 e. The highest BCUT2D eigenvalue weighted by molar-refractivity contribution is 7.25. The third-order valence-electron chi connectivity index (χ3n) is 11.2. The van der Waals surface area contributed by atoms with Crippen LogP contribution >= 0.6 is 11.3 Å². The van der Waals surface area contributed by atoms with Crippen molar-refractivity contribution in [1.82, 2.24) is 15.0 Å². The average Bonchev–Trinajstić information content (AvgIpc) is 3.55. The molecule has 0 N–H and O–H groups in total. The Balaban J connectivity index is 1.14. The van der Waals surface area contributed by atoms with Crippen LogP contribution < -0.4 is 0 Å². The van der Waals surface area contributed by atoms with Gasteiger partial charge in [-0.05, 0) is 93.8 Å². The second kappa shape index (κ2) is 12.4. The Morgan fingerprint density at radius 3 is 1.58 bits per heavy atom. The van der Waals surface area contributed by atoms with Crippen molar-refractivity contribution in [3.8, 4) is 56.4 Å². The van der Waals surface area contributed by atoms with Crippen molar-refractivity contribution in [2.75, 3.05) is 0 Å². The summed E-state index contributed by atoms with van der Waals surface area (Å²) in [6.07, 6.45) is 2.41. The summed E-state index contributed by atoms with van der Waals surface area (Å²) in [5, 5.41) is 2.49. The van der Waals surface area contributed by atoms with Crippen LogP contribution in [-0.4, -0.2) is 15.0 Å². The molecule has 0 unspecified atom stereocenters. The van der Waals surface area contributed by atoms with E-state index in [4.69, 9.17) is 15.0 Å². The van der Waals surface area contributed by atoms with E-state index in [0.29, 0.717) is 17.5 Å². The van der Waals surface area contributed by atoms with Gasteiger partial charge in [-0.25, -0.2) is 15.0 Å². The molecule has 0 saturated heterocycles. The van der Waals surface area contributed by atoms with E-state index < -0.39 is 0 Å². The molecule has 8 aromatic rings. The van der Waals surface area contributed by atoms with Gasteiger partial charge in [0.15, 0.2) is 17.5 Å². The molecule has 4 heteroatoms. The van der Waals surface area contributed by atoms with Crippen molar-refractivity contribution < 1.29 is 0 Å². The lowest BCUT2D eigenvalue weighted by Crippen LogP contribution is -2.34. The fourth-order valence-electron chi connectivity index (χ4n) is 7.90. The lowest BCUT2D eigenvalue weighted by atomic mass is 9.62. The molecule has 0 aliphatic heterocycles. The van der Waals surface area contributed by atoms with Gasteiger partial charge in [0.2, 0.25) is 0 Å². The molecular formula is C48H41N3S. The van der Waals surface area contributed by atoms with Crippen LogP contribution in [0.25, 0.3) is 76.6 Å². The van der Waals surface area contributed by atoms with Crippen molar-refractivity contribution in [3.05, 3.63) is 150 Å². The predicted octanol–water partition coefficient (Wildman–Crippen LogP) is 13.2. The maximum Gasteiger partial charge on any atom is 0.164 e. The Kier molecular flexibility index (Phi) is 7.71. The maximum atomic E-state index is 5.13. The number of thiophene rings is 1. The first-order valence-electron chi connectivity index (χ1n) is 18.2. The number of hydrogen-bond donors (Lipinski definition) is 0. The molecule has 0 fully saturated rings. The Labute approximate surface area is 310 Å². The number of aryl methyl sites for hydroxylation is 1. The van der Waals surface area contributed by atoms with E-state index in [1.807, 2.05) is 17.4 Å². The monoisotopic (exact) mass is 691 g/mol. The third kappa shape index (κ3) is 5.72. The Hall–Kier alpha value is -5.45. The van der Waals surface area contributed by atoms with E-state index in [0.717, 1.165) is 22.3 Å². The summed E-state index contributed by atoms with van der Waals surface area (Å²) in [7, 11) is 0. The highest BCUT2D eigenvalue weighted by Crippen LogP contribution is 2.48. The minimum absolute atomic E-state index is 0.155. The van der Waals surface area contributed by atoms with Gasteiger partial charge >= 0.3 is 0 Å². The van der Waals surface area contributed by atoms with E-state index in [9.17, 15) is 0 Å². The molecule has 2 aromatic heterocycles. The molecule has 0 atom stereocenters. The maximum absolute atomic E-state index is 5.13. The van der Waals surface area contributed by atoms with E-state index in [1.54, 1.807) is 0 Å². The zero-order valence-electron chi connectivity index (χ0n) is 30.4. The van der Waals surface area contributed by atoms with E-state index >= 15 is 0 Å². The van der Waals surface area contributed by atoms with Crippen molar-refractivity contribution in [1.29, 1.82) is 0 Å². The molecule has 1 aliphatic rings. The van der Waals surface area contributed by atoms with Gasteiger partial charge in [-0.3, -0.25) is 0 Å². The van der Waals surface area contributed by atoms with Gasteiger partial charge in [0.25, 0.3) is 0 Å². The Bertz CT molecular complexity index is 2610. The molecule has 254 valence electrons. The van der Waals surface area contributed by atoms with E-state index in [1.165, 1.54) is 66.4 Å². The first-order chi connectivity index (χ1) is 25.1. The van der Waals surface area contributed by atoms with Crippen LogP contribution in [0.2, 0.25) is 0 Å². The summed E-state index contributed by atoms with van der Waals surface area (Å²) in [5.74, 6) is 2.00. The smallest absolute Gasteiger partial charge is 0.164 e. The van der Waals surface area contributed by atoms with Gasteiger partial charge in [0, 0.05) is 36.9 Å². The van der Waals surface area contributed by atoms with Gasteiger partial charge in [0.05, 0.1) is 0 Å². The van der Waals surface area contributed by atoms with Crippen LogP contribution in [0.5, 0.6) is 0 Å². The molecule has 9 rings (SSSR count). The molecule has 0 spiro atoms. The fourth-order valence-corrected chi connectivity index (χ4v) is 8.99. The van der Waals surface area contributed by atoms with E-state index in [-0.39, 0.29) is 10.8 Å². The van der Waals surface area contributed by atoms with Crippen LogP contribution in [-0.2, 0) is 10.8 Å². The van der Waals surface area contributed by atoms with Crippen molar-refractivity contribution in [2.24, 2.45) is 0 Å². The number of fused-ring (bicyclic) bond motifs is 4. The summed E-state index contributed by atoms with van der Waals surface area (Å²) >= 11 is 1.82. The molecule has 2 heterocycles. The van der Waals surface area contributed by atoms with Gasteiger partial charge < -0.3 is 0 Å². The predicted molar refractivity (Wildman–Crippen MR) is 220 cm³/mol. The molecule has 3 nitrogen and oxygen atoms in total. The van der Waals surface area contributed by atoms with Crippen LogP contribution in [0.4, 0.5) is 0 Å². The molecule has 0 saturated carbocycles. The second-order valence-corrected chi connectivity index (χ2v) is 16.7. The molecule has 6 aromatic carbocycles. The number of hydrogen-bond acceptors (Lipinski definition) is 4. The van der Waals surface area contributed by atoms with Crippen molar-refractivity contribution in [2.45, 2.75) is 58.3 Å². The van der Waals surface area contributed by atoms with Gasteiger partial charge in [-0.15, -0.1) is 11.3 Å². The van der Waals surface area contributed by atoms with Crippen LogP contribution in [0.15, 0.2) is 133 Å². The molecular weight excluding hydrogens is 651 g/mol. The van der Waals surface area contributed by atoms with E-state index in [2.05, 4.69) is 162 Å². The summed E-state index contributed by atoms with van der Waals surface area (Å²) in [5.41, 5.74) is 12.4. The first-order valence-corrected chi connectivity index (χ1v) is 19.0. The van der Waals surface area contributed by atoms with Gasteiger partial charge in [-0.1, -0.05) is 137 Å². The molecule has 52 heavy (non-hydrogen) atoms. The SMILES string of the molecule is Cc1cc2c(cc1-c1ccc(-c3nc(-c4ccc(-c5ccccc5)cc4)nc(-c4ccc5sc6ccccc6c5c4)n3)cc1)C(C)(C)CCC2(C)C. The average molecular weight is 692 g/mol. The summed E-state index contributed by atoms with van der Waals surface area (Å²) in [6.45, 7) is 11.8.